The van der Waals surface area contributed by atoms with Gasteiger partial charge in [-0.2, -0.15) is 0 Å². The van der Waals surface area contributed by atoms with Gasteiger partial charge in [0.2, 0.25) is 0 Å². The number of piperidine rings is 1. The third-order valence-electron chi connectivity index (χ3n) is 6.07. The molecular formula is C22H24ClN5O. The molecule has 150 valence electrons. The Bertz CT molecular complexity index is 1010. The Morgan fingerprint density at radius 1 is 1.00 bits per heavy atom. The zero-order valence-electron chi connectivity index (χ0n) is 16.2. The molecule has 0 unspecified atom stereocenters. The lowest BCUT2D eigenvalue weighted by Gasteiger charge is -2.47. The number of aliphatic hydroxyl groups excluding tert-OH is 1. The van der Waals surface area contributed by atoms with Crippen LogP contribution in [0.2, 0.25) is 0 Å². The molecule has 0 amide bonds. The summed E-state index contributed by atoms with van der Waals surface area (Å²) in [5.41, 5.74) is 1.84. The van der Waals surface area contributed by atoms with E-state index in [1.165, 1.54) is 0 Å². The minimum atomic E-state index is -0.565. The Balaban J connectivity index is 1.36. The number of benzene rings is 1. The molecule has 0 atom stereocenters. The molecule has 3 aromatic rings. The monoisotopic (exact) mass is 409 g/mol. The highest BCUT2D eigenvalue weighted by atomic mass is 35.5. The van der Waals surface area contributed by atoms with Crippen LogP contribution in [-0.4, -0.2) is 52.8 Å². The van der Waals surface area contributed by atoms with Crippen LogP contribution in [0.4, 0.5) is 11.6 Å². The molecule has 7 heteroatoms. The molecule has 4 heterocycles. The Morgan fingerprint density at radius 3 is 2.55 bits per heavy atom. The van der Waals surface area contributed by atoms with Gasteiger partial charge < -0.3 is 14.9 Å². The minimum Gasteiger partial charge on any atom is -0.396 e. The molecule has 0 aliphatic carbocycles. The summed E-state index contributed by atoms with van der Waals surface area (Å²) < 4.78 is 0. The SMILES string of the molecule is OCC1CCN(c2nccnc2C2(Cl)CN(c3ccc4ccccc4n3)C2)CC1. The van der Waals surface area contributed by atoms with Gasteiger partial charge in [-0.05, 0) is 37.0 Å². The predicted molar refractivity (Wildman–Crippen MR) is 116 cm³/mol. The first kappa shape index (κ1) is 18.6. The van der Waals surface area contributed by atoms with Gasteiger partial charge in [-0.15, -0.1) is 11.6 Å². The van der Waals surface area contributed by atoms with Crippen molar-refractivity contribution >= 4 is 34.1 Å². The van der Waals surface area contributed by atoms with E-state index in [9.17, 15) is 5.11 Å². The molecule has 1 N–H and O–H groups in total. The summed E-state index contributed by atoms with van der Waals surface area (Å²) in [4.78, 5) is 17.9. The largest absolute Gasteiger partial charge is 0.396 e. The number of fused-ring (bicyclic) bond motifs is 1. The van der Waals surface area contributed by atoms with Crippen LogP contribution in [0.15, 0.2) is 48.8 Å². The number of halogens is 1. The van der Waals surface area contributed by atoms with Gasteiger partial charge in [0.25, 0.3) is 0 Å². The molecule has 2 aromatic heterocycles. The van der Waals surface area contributed by atoms with Crippen molar-refractivity contribution in [3.63, 3.8) is 0 Å². The van der Waals surface area contributed by atoms with Crippen molar-refractivity contribution in [2.75, 3.05) is 42.6 Å². The second-order valence-electron chi connectivity index (χ2n) is 8.03. The maximum absolute atomic E-state index is 9.40. The molecule has 5 rings (SSSR count). The fourth-order valence-electron chi connectivity index (χ4n) is 4.31. The molecule has 29 heavy (non-hydrogen) atoms. The molecule has 0 saturated carbocycles. The third-order valence-corrected chi connectivity index (χ3v) is 6.48. The summed E-state index contributed by atoms with van der Waals surface area (Å²) in [6, 6.07) is 12.3. The number of aliphatic hydroxyl groups is 1. The summed E-state index contributed by atoms with van der Waals surface area (Å²) in [7, 11) is 0. The standard InChI is InChI=1S/C22H24ClN5O/c23-22(14-28(15-22)19-6-5-17-3-1-2-4-18(17)26-19)20-21(25-10-9-24-20)27-11-7-16(13-29)8-12-27/h1-6,9-10,16,29H,7-8,11-15H2. The first-order valence-electron chi connectivity index (χ1n) is 10.1. The lowest BCUT2D eigenvalue weighted by molar-refractivity contribution is 0.202. The molecule has 2 fully saturated rings. The number of aromatic nitrogens is 3. The molecule has 0 bridgehead atoms. The Hall–Kier alpha value is -2.44. The normalized spacial score (nSPS) is 19.4. The molecular weight excluding hydrogens is 386 g/mol. The molecule has 0 spiro atoms. The number of pyridine rings is 1. The predicted octanol–water partition coefficient (Wildman–Crippen LogP) is 3.19. The molecule has 1 aromatic carbocycles. The van der Waals surface area contributed by atoms with Crippen LogP contribution in [0.25, 0.3) is 10.9 Å². The lowest BCUT2D eigenvalue weighted by Crippen LogP contribution is -2.57. The maximum Gasteiger partial charge on any atom is 0.152 e. The van der Waals surface area contributed by atoms with Crippen molar-refractivity contribution in [1.29, 1.82) is 0 Å². The van der Waals surface area contributed by atoms with Gasteiger partial charge in [0.1, 0.15) is 16.4 Å². The molecule has 6 nitrogen and oxygen atoms in total. The van der Waals surface area contributed by atoms with Crippen LogP contribution < -0.4 is 9.80 Å². The number of alkyl halides is 1. The van der Waals surface area contributed by atoms with E-state index in [0.29, 0.717) is 19.0 Å². The van der Waals surface area contributed by atoms with E-state index in [2.05, 4.69) is 38.0 Å². The number of hydrogen-bond donors (Lipinski definition) is 1. The maximum atomic E-state index is 9.40. The number of para-hydroxylation sites is 1. The fourth-order valence-corrected chi connectivity index (χ4v) is 4.73. The van der Waals surface area contributed by atoms with Crippen LogP contribution in [0.5, 0.6) is 0 Å². The van der Waals surface area contributed by atoms with E-state index < -0.39 is 4.87 Å². The number of nitrogens with zero attached hydrogens (tertiary/aromatic N) is 5. The van der Waals surface area contributed by atoms with Gasteiger partial charge in [-0.25, -0.2) is 9.97 Å². The van der Waals surface area contributed by atoms with Crippen molar-refractivity contribution in [1.82, 2.24) is 15.0 Å². The van der Waals surface area contributed by atoms with Crippen LogP contribution in [0.3, 0.4) is 0 Å². The van der Waals surface area contributed by atoms with Crippen molar-refractivity contribution in [3.8, 4) is 0 Å². The number of anilines is 2. The van der Waals surface area contributed by atoms with Crippen LogP contribution >= 0.6 is 11.6 Å². The minimum absolute atomic E-state index is 0.258. The van der Waals surface area contributed by atoms with Crippen LogP contribution in [-0.2, 0) is 4.87 Å². The Morgan fingerprint density at radius 2 is 1.76 bits per heavy atom. The number of rotatable bonds is 4. The second kappa shape index (κ2) is 7.43. The van der Waals surface area contributed by atoms with Gasteiger partial charge >= 0.3 is 0 Å². The molecule has 2 saturated heterocycles. The highest BCUT2D eigenvalue weighted by Gasteiger charge is 2.47. The van der Waals surface area contributed by atoms with E-state index >= 15 is 0 Å². The second-order valence-corrected chi connectivity index (χ2v) is 8.75. The summed E-state index contributed by atoms with van der Waals surface area (Å²) in [5, 5.41) is 10.5. The van der Waals surface area contributed by atoms with E-state index in [1.54, 1.807) is 12.4 Å². The van der Waals surface area contributed by atoms with Crippen LogP contribution in [0, 0.1) is 5.92 Å². The summed E-state index contributed by atoms with van der Waals surface area (Å²) >= 11 is 7.04. The molecule has 0 radical (unpaired) electrons. The number of hydrogen-bond acceptors (Lipinski definition) is 6. The summed E-state index contributed by atoms with van der Waals surface area (Å²) in [6.45, 7) is 3.31. The van der Waals surface area contributed by atoms with Crippen molar-refractivity contribution in [2.24, 2.45) is 5.92 Å². The average Bonchev–Trinajstić information content (AvgIpc) is 2.76. The van der Waals surface area contributed by atoms with E-state index in [4.69, 9.17) is 16.6 Å². The first-order chi connectivity index (χ1) is 14.2. The topological polar surface area (TPSA) is 65.4 Å². The first-order valence-corrected chi connectivity index (χ1v) is 10.5. The van der Waals surface area contributed by atoms with E-state index in [1.807, 2.05) is 18.2 Å². The van der Waals surface area contributed by atoms with Crippen molar-refractivity contribution in [3.05, 3.63) is 54.5 Å². The molecule has 2 aliphatic rings. The third kappa shape index (κ3) is 3.40. The Labute approximate surface area is 175 Å². The fraction of sp³-hybridized carbons (Fsp3) is 0.409. The lowest BCUT2D eigenvalue weighted by atomic mass is 9.92. The van der Waals surface area contributed by atoms with Crippen LogP contribution in [0.1, 0.15) is 18.5 Å². The van der Waals surface area contributed by atoms with E-state index in [-0.39, 0.29) is 6.61 Å². The highest BCUT2D eigenvalue weighted by Crippen LogP contribution is 2.43. The zero-order chi connectivity index (χ0) is 19.8. The smallest absolute Gasteiger partial charge is 0.152 e. The molecule has 2 aliphatic heterocycles. The Kier molecular flexibility index (Phi) is 4.76. The van der Waals surface area contributed by atoms with Crippen molar-refractivity contribution in [2.45, 2.75) is 17.7 Å². The average molecular weight is 410 g/mol. The van der Waals surface area contributed by atoms with Gasteiger partial charge in [-0.3, -0.25) is 4.98 Å². The van der Waals surface area contributed by atoms with Gasteiger partial charge in [0.15, 0.2) is 5.82 Å². The van der Waals surface area contributed by atoms with Crippen molar-refractivity contribution < 1.29 is 5.11 Å². The quantitative estimate of drug-likeness (QED) is 0.667. The van der Waals surface area contributed by atoms with Gasteiger partial charge in [0, 0.05) is 50.6 Å². The van der Waals surface area contributed by atoms with E-state index in [0.717, 1.165) is 54.2 Å². The van der Waals surface area contributed by atoms with Gasteiger partial charge in [0.05, 0.1) is 5.52 Å². The summed E-state index contributed by atoms with van der Waals surface area (Å²) in [5.74, 6) is 2.20. The zero-order valence-corrected chi connectivity index (χ0v) is 17.0. The summed E-state index contributed by atoms with van der Waals surface area (Å²) in [6.07, 6.45) is 5.39. The highest BCUT2D eigenvalue weighted by molar-refractivity contribution is 6.26. The van der Waals surface area contributed by atoms with Gasteiger partial charge in [-0.1, -0.05) is 18.2 Å².